The first-order chi connectivity index (χ1) is 49.8. The van der Waals surface area contributed by atoms with Gasteiger partial charge in [0.05, 0.1) is 35.5 Å². The molecule has 0 aliphatic carbocycles. The number of Topliss-reactive ketones (excluding diaryl/α,β-unsaturated/α-hetero) is 1. The van der Waals surface area contributed by atoms with Crippen molar-refractivity contribution in [2.45, 2.75) is 176 Å². The Balaban J connectivity index is 1.06. The number of urea groups is 1. The van der Waals surface area contributed by atoms with Gasteiger partial charge >= 0.3 is 17.8 Å². The van der Waals surface area contributed by atoms with Gasteiger partial charge in [-0.25, -0.2) is 9.78 Å². The standard InChI is InChI=1S/C77H97N9O19/c1-39(2)61(82-55(88)21-14-13-15-32-86-56(89)26-27-57(86)90)75(98)81-51(20-17-31-79-76(78)99)74(97)80-49-24-22-48(23-25-49)38-101-53-36-50(85-33-28-40(3)29-34-85)37-54-62(53)83-63-58-59-67(93)46(9)70-60(58)72(95)77(11,105-70)102-35-30-52(100-12)43(6)69(103-47(10)87)45(8)66(92)44(7)65(91)41(4)18-16-19-42(5)73(96)84-64(68(59)94)71(63)104-54/h16,18-19,22-27,30,35-37,39-41,43-45,51-52,61,65-66,69,91-92,94H,13-15,17,20-21,28-29,31-34,38H2,1-12H3,(H,80,97)(H,81,98)(H,82,88)(H,84,96)(H3,78,79,99)/b18-16+,35-30+,42-19-/t41-,43+,44+,45+,51-,52-,61-,65-,66+,69+,77-/m0/s1. The number of fused-ring (bicyclic) bond motifs is 2. The van der Waals surface area contributed by atoms with E-state index in [2.05, 4.69) is 38.4 Å². The van der Waals surface area contributed by atoms with Gasteiger partial charge in [-0.3, -0.25) is 48.1 Å². The number of primary amides is 1. The lowest BCUT2D eigenvalue weighted by atomic mass is 9.78. The molecule has 0 spiro atoms. The fraction of sp³-hybridized carbons (Fsp3) is 0.494. The summed E-state index contributed by atoms with van der Waals surface area (Å²) >= 11 is 0. The molecule has 0 saturated carbocycles. The zero-order valence-electron chi connectivity index (χ0n) is 61.4. The number of nitrogens with two attached hydrogens (primary N) is 1. The molecular formula is C77H97N9O19. The summed E-state index contributed by atoms with van der Waals surface area (Å²) in [5, 5.41) is 49.2. The monoisotopic (exact) mass is 1450 g/mol. The van der Waals surface area contributed by atoms with Crippen LogP contribution in [0, 0.1) is 42.4 Å². The van der Waals surface area contributed by atoms with Gasteiger partial charge in [-0.1, -0.05) is 85.2 Å². The Labute approximate surface area is 608 Å². The molecule has 5 heterocycles. The Morgan fingerprint density at radius 3 is 2.20 bits per heavy atom. The first-order valence-corrected chi connectivity index (χ1v) is 35.7. The van der Waals surface area contributed by atoms with Crippen molar-refractivity contribution in [3.05, 3.63) is 112 Å². The number of rotatable bonds is 22. The molecule has 28 nitrogen and oxygen atoms in total. The fourth-order valence-corrected chi connectivity index (χ4v) is 13.7. The van der Waals surface area contributed by atoms with Gasteiger partial charge in [0.2, 0.25) is 17.7 Å². The van der Waals surface area contributed by atoms with E-state index in [-0.39, 0.29) is 112 Å². The van der Waals surface area contributed by atoms with E-state index in [0.717, 1.165) is 17.7 Å². The number of amides is 8. The highest BCUT2D eigenvalue weighted by atomic mass is 16.7. The smallest absolute Gasteiger partial charge is 0.312 e. The summed E-state index contributed by atoms with van der Waals surface area (Å²) < 4.78 is 37.9. The number of carbonyl (C=O) groups excluding carboxylic acids is 9. The van der Waals surface area contributed by atoms with Crippen LogP contribution >= 0.6 is 0 Å². The summed E-state index contributed by atoms with van der Waals surface area (Å²) in [4.78, 5) is 143. The van der Waals surface area contributed by atoms with Gasteiger partial charge in [-0.2, -0.15) is 0 Å². The normalized spacial score (nSPS) is 24.2. The SMILES string of the molecule is CO[C@H]1/C=C/O[C@@]2(C)Oc3c(C)c(=O)c4c(O)c(c5oc6cc(N7CCC(C)CC7)cc(OCc7ccc(NC(=O)[C@H](CCCNC(N)=O)NC(=O)[C@@H](NC(=O)CCCCCN8C(=O)C=CC8=O)C(C)C)cc7)c6nc5c4c3C2=O)NC(=O)/C(C)=C\C=C\[C@H](C)[C@H](O)[C@@H](C)[C@@H](O)[C@@H](C)[C@H](OC(C)=O)[C@@H]1C. The number of esters is 1. The van der Waals surface area contributed by atoms with E-state index >= 15 is 4.79 Å². The van der Waals surface area contributed by atoms with Crippen LogP contribution in [0.4, 0.5) is 21.9 Å². The summed E-state index contributed by atoms with van der Waals surface area (Å²) in [5.41, 5.74) is 5.44. The third kappa shape index (κ3) is 18.1. The number of ether oxygens (including phenoxy) is 5. The number of hydrogen-bond acceptors (Lipinski definition) is 21. The molecule has 1 saturated heterocycles. The van der Waals surface area contributed by atoms with Crippen LogP contribution in [0.2, 0.25) is 0 Å². The van der Waals surface area contributed by atoms with Crippen molar-refractivity contribution in [2.24, 2.45) is 41.2 Å². The minimum atomic E-state index is -2.18. The molecule has 4 aromatic carbocycles. The molecule has 4 aliphatic rings. The summed E-state index contributed by atoms with van der Waals surface area (Å²) in [6.45, 7) is 19.6. The number of imide groups is 1. The number of nitrogens with one attached hydrogen (secondary N) is 5. The Hall–Kier alpha value is -10.2. The lowest BCUT2D eigenvalue weighted by Crippen LogP contribution is -2.54. The van der Waals surface area contributed by atoms with Gasteiger partial charge < -0.3 is 80.6 Å². The number of methoxy groups -OCH3 is 1. The zero-order chi connectivity index (χ0) is 76.5. The van der Waals surface area contributed by atoms with E-state index in [9.17, 15) is 58.5 Å². The summed E-state index contributed by atoms with van der Waals surface area (Å²) in [7, 11) is 1.42. The number of phenols is 1. The number of carbonyl (C=O) groups is 9. The number of hydrogen-bond donors (Lipinski definition) is 9. The van der Waals surface area contributed by atoms with Gasteiger partial charge in [0.1, 0.15) is 47.3 Å². The van der Waals surface area contributed by atoms with Crippen molar-refractivity contribution in [1.82, 2.24) is 25.8 Å². The van der Waals surface area contributed by atoms with E-state index < -0.39 is 130 Å². The number of benzene rings is 4. The Kier molecular flexibility index (Phi) is 25.7. The second-order valence-corrected chi connectivity index (χ2v) is 28.4. The predicted octanol–water partition coefficient (Wildman–Crippen LogP) is 8.31. The molecule has 1 fully saturated rings. The highest BCUT2D eigenvalue weighted by Gasteiger charge is 2.50. The molecule has 4 bridgehead atoms. The van der Waals surface area contributed by atoms with Crippen LogP contribution in [-0.2, 0) is 54.4 Å². The fourth-order valence-electron chi connectivity index (χ4n) is 13.7. The van der Waals surface area contributed by atoms with Crippen molar-refractivity contribution in [3.8, 4) is 17.2 Å². The molecule has 9 rings (SSSR count). The van der Waals surface area contributed by atoms with Crippen molar-refractivity contribution >= 4 is 103 Å². The number of phenolic OH excluding ortho intramolecular Hbond substituents is 1. The van der Waals surface area contributed by atoms with E-state index in [4.69, 9.17) is 38.8 Å². The second-order valence-electron chi connectivity index (χ2n) is 28.4. The topological polar surface area (TPSA) is 396 Å². The van der Waals surface area contributed by atoms with Gasteiger partial charge in [0, 0.05) is 129 Å². The minimum absolute atomic E-state index is 0.0632. The van der Waals surface area contributed by atoms with E-state index in [0.29, 0.717) is 55.2 Å². The van der Waals surface area contributed by atoms with Gasteiger partial charge in [-0.05, 0) is 88.0 Å². The maximum atomic E-state index is 15.4. The summed E-state index contributed by atoms with van der Waals surface area (Å²) in [6, 6.07) is 7.30. The third-order valence-electron chi connectivity index (χ3n) is 20.2. The molecule has 0 unspecified atom stereocenters. The van der Waals surface area contributed by atoms with Crippen molar-refractivity contribution in [2.75, 3.05) is 48.8 Å². The lowest BCUT2D eigenvalue weighted by molar-refractivity contribution is -0.160. The van der Waals surface area contributed by atoms with Crippen molar-refractivity contribution in [1.29, 1.82) is 0 Å². The van der Waals surface area contributed by atoms with E-state index in [1.807, 2.05) is 0 Å². The number of ketones is 1. The average Bonchev–Trinajstić information content (AvgIpc) is 1.64. The number of anilines is 3. The van der Waals surface area contributed by atoms with Crippen molar-refractivity contribution < 1.29 is 86.6 Å². The molecule has 564 valence electrons. The van der Waals surface area contributed by atoms with Crippen LogP contribution in [0.5, 0.6) is 17.2 Å². The Morgan fingerprint density at radius 1 is 0.848 bits per heavy atom. The van der Waals surface area contributed by atoms with Gasteiger partial charge in [0.15, 0.2) is 28.1 Å². The number of allylic oxidation sites excluding steroid dienone is 2. The predicted molar refractivity (Wildman–Crippen MR) is 392 cm³/mol. The van der Waals surface area contributed by atoms with Crippen LogP contribution < -0.4 is 52.1 Å². The van der Waals surface area contributed by atoms with Gasteiger partial charge in [-0.15, -0.1) is 0 Å². The summed E-state index contributed by atoms with van der Waals surface area (Å²) in [5.74, 6) is -10.2. The number of aromatic nitrogens is 1. The molecule has 8 amide bonds. The van der Waals surface area contributed by atoms with Crippen LogP contribution in [0.15, 0.2) is 93.9 Å². The number of aliphatic hydroxyl groups is 2. The second kappa shape index (κ2) is 34.2. The lowest BCUT2D eigenvalue weighted by Gasteiger charge is -2.38. The van der Waals surface area contributed by atoms with Crippen LogP contribution in [0.1, 0.15) is 142 Å². The largest absolute Gasteiger partial charge is 0.505 e. The van der Waals surface area contributed by atoms with Crippen molar-refractivity contribution in [3.63, 3.8) is 0 Å². The molecule has 1 aromatic heterocycles. The van der Waals surface area contributed by atoms with Crippen LogP contribution in [0.3, 0.4) is 0 Å². The first kappa shape index (κ1) is 78.9. The first-order valence-electron chi connectivity index (χ1n) is 35.7. The highest BCUT2D eigenvalue weighted by Crippen LogP contribution is 2.49. The molecule has 28 heteroatoms. The quantitative estimate of drug-likeness (QED) is 0.00785. The zero-order valence-corrected chi connectivity index (χ0v) is 61.4. The van der Waals surface area contributed by atoms with E-state index in [1.165, 1.54) is 65.4 Å². The Bertz CT molecular complexity index is 4330. The Morgan fingerprint density at radius 2 is 1.54 bits per heavy atom. The maximum absolute atomic E-state index is 15.4. The van der Waals surface area contributed by atoms with E-state index in [1.54, 1.807) is 90.1 Å². The molecule has 105 heavy (non-hydrogen) atoms. The molecule has 0 radical (unpaired) electrons. The highest BCUT2D eigenvalue weighted by molar-refractivity contribution is 6.26. The number of aliphatic hydroxyl groups excluding tert-OH is 2. The number of nitrogens with zero attached hydrogens (tertiary/aromatic N) is 3. The molecule has 5 aromatic rings. The number of unbranched alkanes of at least 4 members (excludes halogenated alkanes) is 2. The van der Waals surface area contributed by atoms with Gasteiger partial charge in [0.25, 0.3) is 23.5 Å². The average molecular weight is 1450 g/mol. The summed E-state index contributed by atoms with van der Waals surface area (Å²) in [6.07, 6.45) is 9.18. The third-order valence-corrected chi connectivity index (χ3v) is 20.2. The molecule has 10 N–H and O–H groups in total. The molecular weight excluding hydrogens is 1350 g/mol. The minimum Gasteiger partial charge on any atom is -0.505 e. The number of aromatic hydroxyl groups is 1. The maximum Gasteiger partial charge on any atom is 0.312 e. The number of piperidine rings is 1. The molecule has 4 aliphatic heterocycles. The molecule has 11 atom stereocenters. The van der Waals surface area contributed by atoms with Crippen LogP contribution in [-0.4, -0.2) is 154 Å². The van der Waals surface area contributed by atoms with Crippen LogP contribution in [0.25, 0.3) is 33.0 Å².